The van der Waals surface area contributed by atoms with E-state index in [-0.39, 0.29) is 5.75 Å². The van der Waals surface area contributed by atoms with Gasteiger partial charge in [0.05, 0.1) is 0 Å². The summed E-state index contributed by atoms with van der Waals surface area (Å²) in [5, 5.41) is 23.5. The molecule has 0 radical (unpaired) electrons. The molecule has 2 aromatic carbocycles. The Kier molecular flexibility index (Phi) is 3.48. The van der Waals surface area contributed by atoms with Crippen molar-refractivity contribution >= 4 is 16.7 Å². The second kappa shape index (κ2) is 5.06. The molecule has 2 rings (SSSR count). The van der Waals surface area contributed by atoms with E-state index < -0.39 is 12.0 Å². The van der Waals surface area contributed by atoms with E-state index >= 15 is 0 Å². The van der Waals surface area contributed by atoms with Crippen molar-refractivity contribution in [2.45, 2.75) is 19.5 Å². The van der Waals surface area contributed by atoms with Gasteiger partial charge in [0.25, 0.3) is 0 Å². The van der Waals surface area contributed by atoms with Crippen molar-refractivity contribution in [2.75, 3.05) is 0 Å². The summed E-state index contributed by atoms with van der Waals surface area (Å²) in [6.45, 7) is 1.89. The van der Waals surface area contributed by atoms with E-state index in [9.17, 15) is 9.90 Å². The average molecular weight is 245 g/mol. The summed E-state index contributed by atoms with van der Waals surface area (Å²) in [6.07, 6.45) is 0. The van der Waals surface area contributed by atoms with Crippen LogP contribution < -0.4 is 5.32 Å². The van der Waals surface area contributed by atoms with E-state index in [0.29, 0.717) is 12.1 Å². The molecule has 0 bridgehead atoms. The molecule has 0 aliphatic rings. The fourth-order valence-electron chi connectivity index (χ4n) is 1.77. The lowest BCUT2D eigenvalue weighted by molar-refractivity contribution is -0.139. The molecule has 0 aliphatic heterocycles. The first-order chi connectivity index (χ1) is 8.58. The summed E-state index contributed by atoms with van der Waals surface area (Å²) < 4.78 is 0. The highest BCUT2D eigenvalue weighted by Crippen LogP contribution is 2.24. The minimum absolute atomic E-state index is 0.179. The third kappa shape index (κ3) is 2.60. The van der Waals surface area contributed by atoms with Gasteiger partial charge in [0, 0.05) is 12.1 Å². The molecule has 18 heavy (non-hydrogen) atoms. The van der Waals surface area contributed by atoms with Gasteiger partial charge < -0.3 is 15.5 Å². The predicted molar refractivity (Wildman–Crippen MR) is 69.6 cm³/mol. The fraction of sp³-hybridized carbons (Fsp3) is 0.214. The van der Waals surface area contributed by atoms with Crippen molar-refractivity contribution in [1.82, 2.24) is 5.32 Å². The molecule has 2 aromatic rings. The number of carboxylic acids is 1. The highest BCUT2D eigenvalue weighted by Gasteiger charge is 2.11. The molecule has 94 valence electrons. The van der Waals surface area contributed by atoms with E-state index in [0.717, 1.165) is 10.8 Å². The van der Waals surface area contributed by atoms with Crippen LogP contribution in [-0.2, 0) is 11.3 Å². The van der Waals surface area contributed by atoms with Crippen LogP contribution in [0.1, 0.15) is 12.5 Å². The highest BCUT2D eigenvalue weighted by atomic mass is 16.4. The van der Waals surface area contributed by atoms with Crippen LogP contribution in [0.25, 0.3) is 10.8 Å². The summed E-state index contributed by atoms with van der Waals surface area (Å²) in [4.78, 5) is 10.7. The first kappa shape index (κ1) is 12.4. The average Bonchev–Trinajstić information content (AvgIpc) is 2.35. The Morgan fingerprint density at radius 2 is 1.89 bits per heavy atom. The molecular weight excluding hydrogens is 230 g/mol. The Bertz CT molecular complexity index is 580. The van der Waals surface area contributed by atoms with Gasteiger partial charge >= 0.3 is 5.97 Å². The zero-order valence-electron chi connectivity index (χ0n) is 10.1. The SMILES string of the molecule is C[C@@H](NCc1cc2ccccc2cc1O)C(=O)O. The number of benzene rings is 2. The lowest BCUT2D eigenvalue weighted by atomic mass is 10.1. The molecule has 0 amide bonds. The Morgan fingerprint density at radius 3 is 2.50 bits per heavy atom. The van der Waals surface area contributed by atoms with Crippen LogP contribution in [-0.4, -0.2) is 22.2 Å². The van der Waals surface area contributed by atoms with Gasteiger partial charge in [-0.05, 0) is 29.8 Å². The zero-order chi connectivity index (χ0) is 13.1. The van der Waals surface area contributed by atoms with Crippen LogP contribution in [0, 0.1) is 0 Å². The number of carboxylic acid groups (broad SMARTS) is 1. The number of aliphatic carboxylic acids is 1. The van der Waals surface area contributed by atoms with E-state index in [1.807, 2.05) is 30.3 Å². The summed E-state index contributed by atoms with van der Waals surface area (Å²) in [5.41, 5.74) is 0.696. The van der Waals surface area contributed by atoms with E-state index in [4.69, 9.17) is 5.11 Å². The molecule has 0 saturated heterocycles. The minimum Gasteiger partial charge on any atom is -0.508 e. The second-order valence-corrected chi connectivity index (χ2v) is 4.27. The highest BCUT2D eigenvalue weighted by molar-refractivity contribution is 5.84. The van der Waals surface area contributed by atoms with Crippen molar-refractivity contribution < 1.29 is 15.0 Å². The number of phenols is 1. The maximum absolute atomic E-state index is 10.7. The summed E-state index contributed by atoms with van der Waals surface area (Å²) >= 11 is 0. The standard InChI is InChI=1S/C14H15NO3/c1-9(14(17)18)15-8-12-6-10-4-2-3-5-11(10)7-13(12)16/h2-7,9,15-16H,8H2,1H3,(H,17,18)/t9-/m1/s1. The van der Waals surface area contributed by atoms with Crippen molar-refractivity contribution in [3.05, 3.63) is 42.0 Å². The second-order valence-electron chi connectivity index (χ2n) is 4.27. The van der Waals surface area contributed by atoms with Crippen LogP contribution in [0.4, 0.5) is 0 Å². The molecule has 4 nitrogen and oxygen atoms in total. The molecule has 0 aliphatic carbocycles. The van der Waals surface area contributed by atoms with Gasteiger partial charge in [0.1, 0.15) is 11.8 Å². The Balaban J connectivity index is 2.23. The quantitative estimate of drug-likeness (QED) is 0.771. The molecule has 0 saturated carbocycles. The summed E-state index contributed by atoms with van der Waals surface area (Å²) in [6, 6.07) is 10.6. The molecule has 0 fully saturated rings. The van der Waals surface area contributed by atoms with Gasteiger partial charge in [-0.15, -0.1) is 0 Å². The number of phenolic OH excluding ortho intramolecular Hbond substituents is 1. The molecule has 4 heteroatoms. The first-order valence-electron chi connectivity index (χ1n) is 5.75. The molecule has 1 atom stereocenters. The third-order valence-electron chi connectivity index (χ3n) is 2.92. The monoisotopic (exact) mass is 245 g/mol. The molecule has 0 unspecified atom stereocenters. The van der Waals surface area contributed by atoms with Crippen LogP contribution in [0.2, 0.25) is 0 Å². The Hall–Kier alpha value is -2.07. The van der Waals surface area contributed by atoms with Crippen molar-refractivity contribution in [2.24, 2.45) is 0 Å². The maximum atomic E-state index is 10.7. The minimum atomic E-state index is -0.907. The molecule has 3 N–H and O–H groups in total. The topological polar surface area (TPSA) is 69.6 Å². The van der Waals surface area contributed by atoms with E-state index in [1.165, 1.54) is 0 Å². The predicted octanol–water partition coefficient (Wildman–Crippen LogP) is 2.11. The van der Waals surface area contributed by atoms with Gasteiger partial charge in [-0.2, -0.15) is 0 Å². The van der Waals surface area contributed by atoms with Crippen LogP contribution in [0.3, 0.4) is 0 Å². The number of aromatic hydroxyl groups is 1. The zero-order valence-corrected chi connectivity index (χ0v) is 10.1. The van der Waals surface area contributed by atoms with Crippen molar-refractivity contribution in [3.8, 4) is 5.75 Å². The number of carbonyl (C=O) groups is 1. The number of fused-ring (bicyclic) bond motifs is 1. The van der Waals surface area contributed by atoms with Crippen molar-refractivity contribution in [3.63, 3.8) is 0 Å². The third-order valence-corrected chi connectivity index (χ3v) is 2.92. The molecule has 0 spiro atoms. The molecular formula is C14H15NO3. The van der Waals surface area contributed by atoms with E-state index in [2.05, 4.69) is 5.32 Å². The maximum Gasteiger partial charge on any atom is 0.320 e. The van der Waals surface area contributed by atoms with Crippen LogP contribution in [0.15, 0.2) is 36.4 Å². The fourth-order valence-corrected chi connectivity index (χ4v) is 1.77. The molecule has 0 aromatic heterocycles. The normalized spacial score (nSPS) is 12.5. The lowest BCUT2D eigenvalue weighted by Gasteiger charge is -2.11. The Labute approximate surface area is 105 Å². The van der Waals surface area contributed by atoms with Gasteiger partial charge in [0.2, 0.25) is 0 Å². The van der Waals surface area contributed by atoms with Crippen LogP contribution >= 0.6 is 0 Å². The lowest BCUT2D eigenvalue weighted by Crippen LogP contribution is -2.33. The number of rotatable bonds is 4. The number of hydrogen-bond donors (Lipinski definition) is 3. The first-order valence-corrected chi connectivity index (χ1v) is 5.75. The van der Waals surface area contributed by atoms with Gasteiger partial charge in [-0.25, -0.2) is 0 Å². The summed E-state index contributed by atoms with van der Waals surface area (Å²) in [7, 11) is 0. The van der Waals surface area contributed by atoms with Crippen molar-refractivity contribution in [1.29, 1.82) is 0 Å². The van der Waals surface area contributed by atoms with Crippen LogP contribution in [0.5, 0.6) is 5.75 Å². The Morgan fingerprint density at radius 1 is 1.28 bits per heavy atom. The molecule has 0 heterocycles. The van der Waals surface area contributed by atoms with Gasteiger partial charge in [-0.3, -0.25) is 4.79 Å². The summed E-state index contributed by atoms with van der Waals surface area (Å²) in [5.74, 6) is -0.728. The number of nitrogens with one attached hydrogen (secondary N) is 1. The van der Waals surface area contributed by atoms with E-state index in [1.54, 1.807) is 13.0 Å². The smallest absolute Gasteiger partial charge is 0.320 e. The van der Waals surface area contributed by atoms with Gasteiger partial charge in [-0.1, -0.05) is 24.3 Å². The number of hydrogen-bond acceptors (Lipinski definition) is 3. The van der Waals surface area contributed by atoms with Gasteiger partial charge in [0.15, 0.2) is 0 Å². The largest absolute Gasteiger partial charge is 0.508 e.